The van der Waals surface area contributed by atoms with E-state index in [4.69, 9.17) is 4.74 Å². The van der Waals surface area contributed by atoms with Crippen molar-refractivity contribution in [3.8, 4) is 5.75 Å². The monoisotopic (exact) mass is 622 g/mol. The fourth-order valence-corrected chi connectivity index (χ4v) is 5.28. The quantitative estimate of drug-likeness (QED) is 0.219. The lowest BCUT2D eigenvalue weighted by atomic mass is 10.0. The molecule has 4 aromatic carbocycles. The number of hydrogen-bond donors (Lipinski definition) is 1. The Hall–Kier alpha value is -3.16. The molecule has 190 valence electrons. The van der Waals surface area contributed by atoms with Gasteiger partial charge in [0.05, 0.1) is 4.47 Å². The van der Waals surface area contributed by atoms with Gasteiger partial charge in [-0.05, 0) is 63.0 Å². The second-order valence-electron chi connectivity index (χ2n) is 8.64. The maximum absolute atomic E-state index is 13.7. The Morgan fingerprint density at radius 3 is 2.38 bits per heavy atom. The highest BCUT2D eigenvalue weighted by atomic mass is 79.9. The van der Waals surface area contributed by atoms with Gasteiger partial charge in [-0.3, -0.25) is 9.59 Å². The van der Waals surface area contributed by atoms with E-state index >= 15 is 0 Å². The number of halogens is 2. The molecule has 0 aliphatic rings. The molecule has 0 saturated carbocycles. The minimum absolute atomic E-state index is 0.193. The van der Waals surface area contributed by atoms with E-state index in [-0.39, 0.29) is 25.0 Å². The van der Waals surface area contributed by atoms with E-state index in [1.165, 1.54) is 0 Å². The third-order valence-corrected chi connectivity index (χ3v) is 7.35. The van der Waals surface area contributed by atoms with Crippen LogP contribution in [-0.2, 0) is 22.6 Å². The third kappa shape index (κ3) is 6.99. The van der Waals surface area contributed by atoms with E-state index in [0.29, 0.717) is 18.7 Å². The minimum Gasteiger partial charge on any atom is -0.483 e. The zero-order valence-electron chi connectivity index (χ0n) is 20.5. The molecule has 0 spiro atoms. The summed E-state index contributed by atoms with van der Waals surface area (Å²) in [5.74, 6) is 0.112. The van der Waals surface area contributed by atoms with Gasteiger partial charge in [-0.15, -0.1) is 0 Å². The van der Waals surface area contributed by atoms with Crippen LogP contribution >= 0.6 is 31.9 Å². The number of rotatable bonds is 10. The van der Waals surface area contributed by atoms with Crippen molar-refractivity contribution >= 4 is 54.4 Å². The topological polar surface area (TPSA) is 58.6 Å². The van der Waals surface area contributed by atoms with Crippen LogP contribution in [0.4, 0.5) is 0 Å². The molecule has 4 rings (SSSR count). The molecule has 0 fully saturated rings. The highest BCUT2D eigenvalue weighted by molar-refractivity contribution is 9.11. The minimum atomic E-state index is -0.697. The van der Waals surface area contributed by atoms with E-state index in [0.717, 1.165) is 30.8 Å². The highest BCUT2D eigenvalue weighted by Gasteiger charge is 2.30. The molecule has 0 aromatic heterocycles. The fraction of sp³-hybridized carbons (Fsp3) is 0.200. The molecule has 1 N–H and O–H groups in total. The number of benzene rings is 4. The molecule has 0 aliphatic carbocycles. The summed E-state index contributed by atoms with van der Waals surface area (Å²) in [5.41, 5.74) is 1.89. The van der Waals surface area contributed by atoms with Crippen molar-refractivity contribution < 1.29 is 14.3 Å². The maximum atomic E-state index is 13.7. The summed E-state index contributed by atoms with van der Waals surface area (Å²) in [6.07, 6.45) is 0.395. The summed E-state index contributed by atoms with van der Waals surface area (Å²) >= 11 is 7.14. The first kappa shape index (κ1) is 26.9. The van der Waals surface area contributed by atoms with Gasteiger partial charge in [0.15, 0.2) is 6.61 Å². The first-order chi connectivity index (χ1) is 18.0. The van der Waals surface area contributed by atoms with E-state index in [1.54, 1.807) is 4.90 Å². The number of ether oxygens (including phenoxy) is 1. The van der Waals surface area contributed by atoms with Gasteiger partial charge in [0, 0.05) is 24.0 Å². The fourth-order valence-electron chi connectivity index (χ4n) is 4.23. The van der Waals surface area contributed by atoms with Crippen LogP contribution in [0.1, 0.15) is 18.1 Å². The standard InChI is InChI=1S/C30H28Br2N2O3/c1-2-33-30(36)26(18-21-9-4-3-5-10-21)34(19-22-11-8-13-24(31)17-22)28(35)20-37-27-16-15-23-12-6-7-14-25(23)29(27)32/h3-17,26H,2,18-20H2,1H3,(H,33,36)/t26-/m0/s1. The normalized spacial score (nSPS) is 11.6. The summed E-state index contributed by atoms with van der Waals surface area (Å²) in [5, 5.41) is 4.99. The Morgan fingerprint density at radius 1 is 0.892 bits per heavy atom. The van der Waals surface area contributed by atoms with Crippen LogP contribution in [0, 0.1) is 0 Å². The van der Waals surface area contributed by atoms with Crippen LogP contribution in [-0.4, -0.2) is 35.9 Å². The molecule has 0 saturated heterocycles. The van der Waals surface area contributed by atoms with Crippen LogP contribution in [0.3, 0.4) is 0 Å². The van der Waals surface area contributed by atoms with E-state index < -0.39 is 6.04 Å². The maximum Gasteiger partial charge on any atom is 0.261 e. The average Bonchev–Trinajstić information content (AvgIpc) is 2.91. The number of carbonyl (C=O) groups excluding carboxylic acids is 2. The van der Waals surface area contributed by atoms with Crippen molar-refractivity contribution in [3.63, 3.8) is 0 Å². The average molecular weight is 624 g/mol. The molecule has 37 heavy (non-hydrogen) atoms. The summed E-state index contributed by atoms with van der Waals surface area (Å²) in [4.78, 5) is 28.6. The second-order valence-corrected chi connectivity index (χ2v) is 10.3. The molecule has 0 bridgehead atoms. The molecular weight excluding hydrogens is 596 g/mol. The summed E-state index contributed by atoms with van der Waals surface area (Å²) < 4.78 is 7.71. The number of hydrogen-bond acceptors (Lipinski definition) is 3. The Balaban J connectivity index is 1.63. The Morgan fingerprint density at radius 2 is 1.62 bits per heavy atom. The van der Waals surface area contributed by atoms with Gasteiger partial charge < -0.3 is 15.0 Å². The van der Waals surface area contributed by atoms with Gasteiger partial charge in [0.2, 0.25) is 5.91 Å². The van der Waals surface area contributed by atoms with Crippen molar-refractivity contribution in [2.75, 3.05) is 13.2 Å². The van der Waals surface area contributed by atoms with Gasteiger partial charge in [0.1, 0.15) is 11.8 Å². The summed E-state index contributed by atoms with van der Waals surface area (Å²) in [7, 11) is 0. The van der Waals surface area contributed by atoms with Gasteiger partial charge in [-0.2, -0.15) is 0 Å². The predicted molar refractivity (Wildman–Crippen MR) is 154 cm³/mol. The molecule has 0 aliphatic heterocycles. The van der Waals surface area contributed by atoms with Crippen LogP contribution < -0.4 is 10.1 Å². The lowest BCUT2D eigenvalue weighted by Crippen LogP contribution is -2.51. The number of carbonyl (C=O) groups is 2. The Kier molecular flexibility index (Phi) is 9.36. The summed E-state index contributed by atoms with van der Waals surface area (Å²) in [6, 6.07) is 28.6. The van der Waals surface area contributed by atoms with Gasteiger partial charge in [-0.25, -0.2) is 0 Å². The molecule has 0 radical (unpaired) electrons. The van der Waals surface area contributed by atoms with E-state index in [2.05, 4.69) is 37.2 Å². The smallest absolute Gasteiger partial charge is 0.261 e. The van der Waals surface area contributed by atoms with Crippen molar-refractivity contribution in [1.29, 1.82) is 0 Å². The van der Waals surface area contributed by atoms with Crippen molar-refractivity contribution in [3.05, 3.63) is 111 Å². The van der Waals surface area contributed by atoms with Gasteiger partial charge in [-0.1, -0.05) is 88.7 Å². The Labute approximate surface area is 234 Å². The van der Waals surface area contributed by atoms with Crippen LogP contribution in [0.15, 0.2) is 99.9 Å². The highest BCUT2D eigenvalue weighted by Crippen LogP contribution is 2.33. The molecule has 5 nitrogen and oxygen atoms in total. The molecule has 1 atom stereocenters. The molecule has 4 aromatic rings. The molecule has 7 heteroatoms. The first-order valence-corrected chi connectivity index (χ1v) is 13.7. The molecular formula is C30H28Br2N2O3. The Bertz CT molecular complexity index is 1380. The van der Waals surface area contributed by atoms with Crippen LogP contribution in [0.2, 0.25) is 0 Å². The van der Waals surface area contributed by atoms with Crippen molar-refractivity contribution in [2.45, 2.75) is 25.9 Å². The first-order valence-electron chi connectivity index (χ1n) is 12.1. The number of amides is 2. The molecule has 2 amide bonds. The zero-order valence-corrected chi connectivity index (χ0v) is 23.7. The van der Waals surface area contributed by atoms with Crippen LogP contribution in [0.25, 0.3) is 10.8 Å². The number of nitrogens with zero attached hydrogens (tertiary/aromatic N) is 1. The SMILES string of the molecule is CCNC(=O)[C@H](Cc1ccccc1)N(Cc1cccc(Br)c1)C(=O)COc1ccc2ccccc2c1Br. The lowest BCUT2D eigenvalue weighted by molar-refractivity contribution is -0.142. The van der Waals surface area contributed by atoms with E-state index in [1.807, 2.05) is 97.9 Å². The molecule has 0 heterocycles. The number of fused-ring (bicyclic) bond motifs is 1. The van der Waals surface area contributed by atoms with Crippen molar-refractivity contribution in [2.24, 2.45) is 0 Å². The predicted octanol–water partition coefficient (Wildman–Crippen LogP) is 6.52. The van der Waals surface area contributed by atoms with Gasteiger partial charge in [0.25, 0.3) is 5.91 Å². The van der Waals surface area contributed by atoms with E-state index in [9.17, 15) is 9.59 Å². The number of likely N-dealkylation sites (N-methyl/N-ethyl adjacent to an activating group) is 1. The summed E-state index contributed by atoms with van der Waals surface area (Å²) in [6.45, 7) is 2.42. The lowest BCUT2D eigenvalue weighted by Gasteiger charge is -2.31. The second kappa shape index (κ2) is 12.9. The van der Waals surface area contributed by atoms with Gasteiger partial charge >= 0.3 is 0 Å². The molecule has 0 unspecified atom stereocenters. The van der Waals surface area contributed by atoms with Crippen molar-refractivity contribution in [1.82, 2.24) is 10.2 Å². The number of nitrogens with one attached hydrogen (secondary N) is 1. The largest absolute Gasteiger partial charge is 0.483 e. The zero-order chi connectivity index (χ0) is 26.2. The third-order valence-electron chi connectivity index (χ3n) is 6.04. The van der Waals surface area contributed by atoms with Crippen LogP contribution in [0.5, 0.6) is 5.75 Å².